The third-order valence-electron chi connectivity index (χ3n) is 3.24. The van der Waals surface area contributed by atoms with Crippen molar-refractivity contribution < 1.29 is 9.53 Å². The lowest BCUT2D eigenvalue weighted by Crippen LogP contribution is -2.00. The van der Waals surface area contributed by atoms with E-state index in [0.29, 0.717) is 10.6 Å². The Kier molecular flexibility index (Phi) is 3.28. The first-order valence-corrected chi connectivity index (χ1v) is 7.25. The number of nitrogens with one attached hydrogen (secondary N) is 1. The number of aromatic nitrogens is 2. The maximum Gasteiger partial charge on any atom is 0.223 e. The Labute approximate surface area is 120 Å². The van der Waals surface area contributed by atoms with Crippen LogP contribution in [0.3, 0.4) is 0 Å². The van der Waals surface area contributed by atoms with E-state index in [0.717, 1.165) is 28.8 Å². The molecule has 4 nitrogen and oxygen atoms in total. The van der Waals surface area contributed by atoms with Crippen LogP contribution < -0.4 is 4.74 Å². The average Bonchev–Trinajstić information content (AvgIpc) is 3.12. The van der Waals surface area contributed by atoms with Gasteiger partial charge in [0.15, 0.2) is 5.01 Å². The summed E-state index contributed by atoms with van der Waals surface area (Å²) in [6.07, 6.45) is 2.58. The van der Waals surface area contributed by atoms with Crippen LogP contribution in [0.25, 0.3) is 10.9 Å². The molecule has 2 heterocycles. The number of carbonyl (C=O) groups excluding carboxylic acids is 1. The lowest BCUT2D eigenvalue weighted by molar-refractivity contribution is 0.104. The molecular weight excluding hydrogens is 272 g/mol. The summed E-state index contributed by atoms with van der Waals surface area (Å²) in [7, 11) is 1.62. The second-order valence-electron chi connectivity index (χ2n) is 4.44. The van der Waals surface area contributed by atoms with Crippen molar-refractivity contribution in [2.45, 2.75) is 13.3 Å². The summed E-state index contributed by atoms with van der Waals surface area (Å²) in [4.78, 5) is 20.0. The molecule has 0 bridgehead atoms. The van der Waals surface area contributed by atoms with Gasteiger partial charge in [-0.3, -0.25) is 4.79 Å². The molecule has 0 atom stereocenters. The molecular formula is C15H14N2O2S. The van der Waals surface area contributed by atoms with E-state index in [-0.39, 0.29) is 5.78 Å². The molecule has 0 aliphatic carbocycles. The number of aromatic amines is 1. The number of fused-ring (bicyclic) bond motifs is 1. The number of aryl methyl sites for hydroxylation is 1. The van der Waals surface area contributed by atoms with Crippen molar-refractivity contribution in [3.8, 4) is 5.75 Å². The van der Waals surface area contributed by atoms with Gasteiger partial charge >= 0.3 is 0 Å². The molecule has 0 amide bonds. The van der Waals surface area contributed by atoms with E-state index in [1.54, 1.807) is 13.3 Å². The average molecular weight is 286 g/mol. The van der Waals surface area contributed by atoms with Crippen LogP contribution in [0.1, 0.15) is 28.0 Å². The molecule has 3 aromatic rings. The number of thiazole rings is 1. The van der Waals surface area contributed by atoms with Crippen molar-refractivity contribution >= 4 is 28.0 Å². The zero-order valence-electron chi connectivity index (χ0n) is 11.3. The Hall–Kier alpha value is -2.14. The van der Waals surface area contributed by atoms with Crippen LogP contribution in [-0.2, 0) is 6.42 Å². The summed E-state index contributed by atoms with van der Waals surface area (Å²) in [5, 5.41) is 3.37. The molecule has 0 unspecified atom stereocenters. The Bertz CT molecular complexity index is 773. The molecule has 0 aliphatic rings. The normalized spacial score (nSPS) is 10.9. The second-order valence-corrected chi connectivity index (χ2v) is 5.30. The highest BCUT2D eigenvalue weighted by Gasteiger charge is 2.17. The van der Waals surface area contributed by atoms with E-state index in [9.17, 15) is 4.79 Å². The van der Waals surface area contributed by atoms with E-state index >= 15 is 0 Å². The summed E-state index contributed by atoms with van der Waals surface area (Å²) < 4.78 is 5.18. The number of rotatable bonds is 4. The first kappa shape index (κ1) is 12.9. The fourth-order valence-electron chi connectivity index (χ4n) is 2.11. The van der Waals surface area contributed by atoms with E-state index in [4.69, 9.17) is 4.74 Å². The number of benzene rings is 1. The first-order chi connectivity index (χ1) is 9.72. The third-order valence-corrected chi connectivity index (χ3v) is 4.13. The van der Waals surface area contributed by atoms with Gasteiger partial charge in [0.05, 0.1) is 18.4 Å². The minimum Gasteiger partial charge on any atom is -0.497 e. The monoisotopic (exact) mass is 286 g/mol. The number of methoxy groups -OCH3 is 1. The Morgan fingerprint density at radius 1 is 1.45 bits per heavy atom. The fourth-order valence-corrected chi connectivity index (χ4v) is 2.96. The lowest BCUT2D eigenvalue weighted by Gasteiger charge is -1.99. The van der Waals surface area contributed by atoms with Crippen LogP contribution in [-0.4, -0.2) is 22.9 Å². The predicted octanol–water partition coefficient (Wildman–Crippen LogP) is 3.43. The molecule has 0 aliphatic heterocycles. The van der Waals surface area contributed by atoms with Gasteiger partial charge in [0, 0.05) is 28.5 Å². The van der Waals surface area contributed by atoms with Crippen LogP contribution in [0.15, 0.2) is 29.8 Å². The van der Waals surface area contributed by atoms with E-state index in [1.807, 2.05) is 30.5 Å². The summed E-state index contributed by atoms with van der Waals surface area (Å²) in [5.74, 6) is 0.729. The maximum absolute atomic E-state index is 12.5. The number of carbonyl (C=O) groups is 1. The first-order valence-electron chi connectivity index (χ1n) is 6.37. The van der Waals surface area contributed by atoms with Gasteiger partial charge < -0.3 is 9.72 Å². The highest BCUT2D eigenvalue weighted by atomic mass is 32.1. The van der Waals surface area contributed by atoms with Crippen LogP contribution in [0.4, 0.5) is 0 Å². The van der Waals surface area contributed by atoms with Gasteiger partial charge in [-0.1, -0.05) is 6.92 Å². The summed E-state index contributed by atoms with van der Waals surface area (Å²) in [5.41, 5.74) is 2.50. The van der Waals surface area contributed by atoms with Gasteiger partial charge in [0.25, 0.3) is 0 Å². The Balaban J connectivity index is 2.03. The highest BCUT2D eigenvalue weighted by Crippen LogP contribution is 2.26. The molecule has 0 saturated carbocycles. The summed E-state index contributed by atoms with van der Waals surface area (Å²) >= 11 is 1.40. The molecule has 1 N–H and O–H groups in total. The van der Waals surface area contributed by atoms with Crippen molar-refractivity contribution in [1.82, 2.24) is 9.97 Å². The molecule has 20 heavy (non-hydrogen) atoms. The van der Waals surface area contributed by atoms with Crippen molar-refractivity contribution in [2.75, 3.05) is 7.11 Å². The number of hydrogen-bond donors (Lipinski definition) is 1. The molecule has 0 radical (unpaired) electrons. The van der Waals surface area contributed by atoms with E-state index in [1.165, 1.54) is 11.3 Å². The van der Waals surface area contributed by atoms with Crippen molar-refractivity contribution in [3.63, 3.8) is 0 Å². The molecule has 0 fully saturated rings. The van der Waals surface area contributed by atoms with Crippen LogP contribution >= 0.6 is 11.3 Å². The topological polar surface area (TPSA) is 55.0 Å². The van der Waals surface area contributed by atoms with Crippen LogP contribution in [0.2, 0.25) is 0 Å². The van der Waals surface area contributed by atoms with Gasteiger partial charge in [-0.05, 0) is 18.6 Å². The summed E-state index contributed by atoms with van der Waals surface area (Å²) in [6.45, 7) is 2.03. The van der Waals surface area contributed by atoms with E-state index < -0.39 is 0 Å². The third kappa shape index (κ3) is 2.10. The molecule has 0 saturated heterocycles. The minimum absolute atomic E-state index is 0.0360. The van der Waals surface area contributed by atoms with Crippen molar-refractivity contribution in [3.05, 3.63) is 46.0 Å². The summed E-state index contributed by atoms with van der Waals surface area (Å²) in [6, 6.07) is 5.63. The number of ether oxygens (including phenoxy) is 1. The number of hydrogen-bond acceptors (Lipinski definition) is 4. The quantitative estimate of drug-likeness (QED) is 0.748. The van der Waals surface area contributed by atoms with Gasteiger partial charge in [0.1, 0.15) is 5.75 Å². The zero-order chi connectivity index (χ0) is 14.1. The Morgan fingerprint density at radius 2 is 2.30 bits per heavy atom. The highest BCUT2D eigenvalue weighted by molar-refractivity contribution is 7.12. The number of ketones is 1. The lowest BCUT2D eigenvalue weighted by atomic mass is 10.1. The SMILES string of the molecule is CCc1csc(C(=O)c2c[nH]c3cc(OC)ccc23)n1. The molecule has 2 aromatic heterocycles. The molecule has 102 valence electrons. The molecule has 3 rings (SSSR count). The number of nitrogens with zero attached hydrogens (tertiary/aromatic N) is 1. The maximum atomic E-state index is 12.5. The molecule has 5 heteroatoms. The minimum atomic E-state index is -0.0360. The smallest absolute Gasteiger partial charge is 0.223 e. The number of H-pyrrole nitrogens is 1. The largest absolute Gasteiger partial charge is 0.497 e. The van der Waals surface area contributed by atoms with E-state index in [2.05, 4.69) is 9.97 Å². The second kappa shape index (κ2) is 5.09. The van der Waals surface area contributed by atoms with Crippen LogP contribution in [0, 0.1) is 0 Å². The zero-order valence-corrected chi connectivity index (χ0v) is 12.1. The van der Waals surface area contributed by atoms with Gasteiger partial charge in [-0.15, -0.1) is 11.3 Å². The molecule has 1 aromatic carbocycles. The van der Waals surface area contributed by atoms with Gasteiger partial charge in [-0.25, -0.2) is 4.98 Å². The predicted molar refractivity (Wildman–Crippen MR) is 79.8 cm³/mol. The van der Waals surface area contributed by atoms with Gasteiger partial charge in [-0.2, -0.15) is 0 Å². The molecule has 0 spiro atoms. The van der Waals surface area contributed by atoms with Gasteiger partial charge in [0.2, 0.25) is 5.78 Å². The fraction of sp³-hybridized carbons (Fsp3) is 0.200. The standard InChI is InChI=1S/C15H14N2O2S/c1-3-9-8-20-15(17-9)14(18)12-7-16-13-6-10(19-2)4-5-11(12)13/h4-8,16H,3H2,1-2H3. The Morgan fingerprint density at radius 3 is 3.00 bits per heavy atom. The van der Waals surface area contributed by atoms with Crippen LogP contribution in [0.5, 0.6) is 5.75 Å². The van der Waals surface area contributed by atoms with Crippen molar-refractivity contribution in [1.29, 1.82) is 0 Å². The van der Waals surface area contributed by atoms with Crippen molar-refractivity contribution in [2.24, 2.45) is 0 Å².